The van der Waals surface area contributed by atoms with Crippen molar-refractivity contribution in [3.8, 4) is 23.0 Å². The summed E-state index contributed by atoms with van der Waals surface area (Å²) in [7, 11) is 2.91. The summed E-state index contributed by atoms with van der Waals surface area (Å²) < 4.78 is 10.1. The second-order valence-electron chi connectivity index (χ2n) is 6.45. The topological polar surface area (TPSA) is 125 Å². The molecule has 0 aliphatic carbocycles. The molecule has 0 aromatic heterocycles. The number of para-hydroxylation sites is 2. The maximum Gasteiger partial charge on any atom is 0.271 e. The minimum atomic E-state index is -0.443. The molecule has 0 aliphatic heterocycles. The normalized spacial score (nSPS) is 10.9. The van der Waals surface area contributed by atoms with Crippen molar-refractivity contribution >= 4 is 24.0 Å². The SMILES string of the molecule is COc1cccc(/C=N/NC(=O)c2cccc(N/N=C/c3cccc(OC)c3O)c2)c1O. The molecule has 3 aromatic carbocycles. The van der Waals surface area contributed by atoms with Gasteiger partial charge >= 0.3 is 0 Å². The van der Waals surface area contributed by atoms with Crippen LogP contribution in [0, 0.1) is 0 Å². The number of hydrazone groups is 2. The number of phenolic OH excluding ortho intramolecular Hbond substituents is 2. The second kappa shape index (κ2) is 10.5. The molecule has 32 heavy (non-hydrogen) atoms. The monoisotopic (exact) mass is 434 g/mol. The van der Waals surface area contributed by atoms with E-state index >= 15 is 0 Å². The van der Waals surface area contributed by atoms with E-state index in [0.717, 1.165) is 0 Å². The van der Waals surface area contributed by atoms with Crippen LogP contribution in [0.4, 0.5) is 5.69 Å². The van der Waals surface area contributed by atoms with Gasteiger partial charge < -0.3 is 19.7 Å². The summed E-state index contributed by atoms with van der Waals surface area (Å²) in [4.78, 5) is 12.4. The van der Waals surface area contributed by atoms with Gasteiger partial charge in [-0.2, -0.15) is 10.2 Å². The zero-order valence-electron chi connectivity index (χ0n) is 17.4. The fourth-order valence-electron chi connectivity index (χ4n) is 2.75. The molecule has 0 radical (unpaired) electrons. The van der Waals surface area contributed by atoms with Crippen molar-refractivity contribution in [3.63, 3.8) is 0 Å². The summed E-state index contributed by atoms with van der Waals surface area (Å²) >= 11 is 0. The summed E-state index contributed by atoms with van der Waals surface area (Å²) in [6, 6.07) is 16.6. The number of aromatic hydroxyl groups is 2. The number of nitrogens with zero attached hydrogens (tertiary/aromatic N) is 2. The minimum absolute atomic E-state index is 0.0198. The molecule has 0 saturated carbocycles. The molecule has 0 heterocycles. The van der Waals surface area contributed by atoms with Crippen LogP contribution >= 0.6 is 0 Å². The molecule has 3 aromatic rings. The Kier molecular flexibility index (Phi) is 7.26. The molecule has 0 unspecified atom stereocenters. The first-order valence-electron chi connectivity index (χ1n) is 9.48. The van der Waals surface area contributed by atoms with E-state index in [4.69, 9.17) is 9.47 Å². The van der Waals surface area contributed by atoms with Gasteiger partial charge in [-0.1, -0.05) is 18.2 Å². The summed E-state index contributed by atoms with van der Waals surface area (Å²) in [6.07, 6.45) is 2.76. The molecule has 0 saturated heterocycles. The van der Waals surface area contributed by atoms with Crippen LogP contribution in [0.5, 0.6) is 23.0 Å². The third-order valence-corrected chi connectivity index (χ3v) is 4.39. The molecular weight excluding hydrogens is 412 g/mol. The molecule has 0 aliphatic rings. The summed E-state index contributed by atoms with van der Waals surface area (Å²) in [5.74, 6) is 0.117. The number of phenols is 2. The Balaban J connectivity index is 1.64. The Morgan fingerprint density at radius 2 is 1.41 bits per heavy atom. The highest BCUT2D eigenvalue weighted by Crippen LogP contribution is 2.28. The zero-order valence-corrected chi connectivity index (χ0v) is 17.4. The van der Waals surface area contributed by atoms with Gasteiger partial charge in [0.2, 0.25) is 0 Å². The summed E-state index contributed by atoms with van der Waals surface area (Å²) in [5, 5.41) is 28.1. The van der Waals surface area contributed by atoms with E-state index in [9.17, 15) is 15.0 Å². The van der Waals surface area contributed by atoms with Gasteiger partial charge in [0.25, 0.3) is 5.91 Å². The van der Waals surface area contributed by atoms with Gasteiger partial charge in [-0.15, -0.1) is 0 Å². The predicted octanol–water partition coefficient (Wildman–Crippen LogP) is 3.32. The quantitative estimate of drug-likeness (QED) is 0.318. The van der Waals surface area contributed by atoms with Crippen LogP contribution < -0.4 is 20.3 Å². The third kappa shape index (κ3) is 5.33. The van der Waals surface area contributed by atoms with Crippen LogP contribution in [-0.4, -0.2) is 42.8 Å². The Morgan fingerprint density at radius 1 is 0.844 bits per heavy atom. The van der Waals surface area contributed by atoms with Gasteiger partial charge in [-0.3, -0.25) is 10.2 Å². The first kappa shape index (κ1) is 22.2. The van der Waals surface area contributed by atoms with Crippen molar-refractivity contribution < 1.29 is 24.5 Å². The van der Waals surface area contributed by atoms with Gasteiger partial charge in [0.15, 0.2) is 23.0 Å². The van der Waals surface area contributed by atoms with Crippen LogP contribution in [0.15, 0.2) is 70.9 Å². The highest BCUT2D eigenvalue weighted by molar-refractivity contribution is 5.96. The molecule has 0 spiro atoms. The number of anilines is 1. The average molecular weight is 434 g/mol. The van der Waals surface area contributed by atoms with E-state index in [0.29, 0.717) is 33.9 Å². The number of ether oxygens (including phenoxy) is 2. The fourth-order valence-corrected chi connectivity index (χ4v) is 2.75. The van der Waals surface area contributed by atoms with E-state index in [-0.39, 0.29) is 11.5 Å². The zero-order chi connectivity index (χ0) is 22.9. The Hall–Kier alpha value is -4.53. The predicted molar refractivity (Wildman–Crippen MR) is 122 cm³/mol. The number of carbonyl (C=O) groups is 1. The first-order valence-corrected chi connectivity index (χ1v) is 9.48. The highest BCUT2D eigenvalue weighted by atomic mass is 16.5. The van der Waals surface area contributed by atoms with Gasteiger partial charge in [0.1, 0.15) is 0 Å². The van der Waals surface area contributed by atoms with Gasteiger partial charge in [-0.25, -0.2) is 5.43 Å². The smallest absolute Gasteiger partial charge is 0.271 e. The van der Waals surface area contributed by atoms with Crippen molar-refractivity contribution in [1.29, 1.82) is 0 Å². The van der Waals surface area contributed by atoms with E-state index in [1.54, 1.807) is 60.7 Å². The molecular formula is C23H22N4O5. The largest absolute Gasteiger partial charge is 0.504 e. The summed E-state index contributed by atoms with van der Waals surface area (Å²) in [5.41, 5.74) is 6.99. The molecule has 0 fully saturated rings. The maximum atomic E-state index is 12.4. The average Bonchev–Trinajstić information content (AvgIpc) is 2.81. The van der Waals surface area contributed by atoms with E-state index < -0.39 is 5.91 Å². The van der Waals surface area contributed by atoms with Crippen LogP contribution in [-0.2, 0) is 0 Å². The number of nitrogens with one attached hydrogen (secondary N) is 2. The van der Waals surface area contributed by atoms with Crippen LogP contribution in [0.25, 0.3) is 0 Å². The fraction of sp³-hybridized carbons (Fsp3) is 0.0870. The second-order valence-corrected chi connectivity index (χ2v) is 6.45. The molecule has 9 heteroatoms. The maximum absolute atomic E-state index is 12.4. The van der Waals surface area contributed by atoms with Crippen molar-refractivity contribution in [2.75, 3.05) is 19.6 Å². The van der Waals surface area contributed by atoms with Crippen LogP contribution in [0.3, 0.4) is 0 Å². The standard InChI is InChI=1S/C23H22N4O5/c1-31-19-10-4-7-16(21(19)28)13-24-26-18-9-3-6-15(12-18)23(30)27-25-14-17-8-5-11-20(32-2)22(17)29/h3-14,26,28-29H,1-2H3,(H,27,30)/b24-13+,25-14+. The van der Waals surface area contributed by atoms with Crippen molar-refractivity contribution in [2.45, 2.75) is 0 Å². The van der Waals surface area contributed by atoms with Gasteiger partial charge in [0, 0.05) is 16.7 Å². The molecule has 1 amide bonds. The number of benzene rings is 3. The summed E-state index contributed by atoms with van der Waals surface area (Å²) in [6.45, 7) is 0. The highest BCUT2D eigenvalue weighted by Gasteiger charge is 2.08. The van der Waals surface area contributed by atoms with Gasteiger partial charge in [-0.05, 0) is 42.5 Å². The molecule has 164 valence electrons. The number of rotatable bonds is 8. The van der Waals surface area contributed by atoms with Crippen LogP contribution in [0.1, 0.15) is 21.5 Å². The Morgan fingerprint density at radius 3 is 2.00 bits per heavy atom. The van der Waals surface area contributed by atoms with E-state index in [2.05, 4.69) is 21.1 Å². The molecule has 4 N–H and O–H groups in total. The molecule has 0 bridgehead atoms. The van der Waals surface area contributed by atoms with Crippen molar-refractivity contribution in [1.82, 2.24) is 5.43 Å². The number of hydrogen-bond acceptors (Lipinski definition) is 8. The minimum Gasteiger partial charge on any atom is -0.504 e. The lowest BCUT2D eigenvalue weighted by Crippen LogP contribution is -2.17. The Labute approximate surface area is 184 Å². The third-order valence-electron chi connectivity index (χ3n) is 4.39. The van der Waals surface area contributed by atoms with E-state index in [1.165, 1.54) is 26.6 Å². The lowest BCUT2D eigenvalue weighted by atomic mass is 10.2. The van der Waals surface area contributed by atoms with Crippen molar-refractivity contribution in [2.24, 2.45) is 10.2 Å². The molecule has 9 nitrogen and oxygen atoms in total. The number of methoxy groups -OCH3 is 2. The number of amides is 1. The first-order chi connectivity index (χ1) is 15.5. The molecule has 0 atom stereocenters. The van der Waals surface area contributed by atoms with E-state index in [1.807, 2.05) is 0 Å². The van der Waals surface area contributed by atoms with Gasteiger partial charge in [0.05, 0.1) is 32.3 Å². The van der Waals surface area contributed by atoms with Crippen molar-refractivity contribution in [3.05, 3.63) is 77.4 Å². The Bertz CT molecular complexity index is 1160. The number of carbonyl (C=O) groups excluding carboxylic acids is 1. The molecule has 3 rings (SSSR count). The van der Waals surface area contributed by atoms with Crippen LogP contribution in [0.2, 0.25) is 0 Å². The number of hydrogen-bond donors (Lipinski definition) is 4. The lowest BCUT2D eigenvalue weighted by Gasteiger charge is -2.06. The lowest BCUT2D eigenvalue weighted by molar-refractivity contribution is 0.0955.